The van der Waals surface area contributed by atoms with Gasteiger partial charge in [0.05, 0.1) is 5.01 Å². The van der Waals surface area contributed by atoms with E-state index >= 15 is 0 Å². The Kier molecular flexibility index (Phi) is 1.28. The van der Waals surface area contributed by atoms with Crippen LogP contribution in [0.2, 0.25) is 0 Å². The van der Waals surface area contributed by atoms with Gasteiger partial charge in [-0.2, -0.15) is 0 Å². The minimum atomic E-state index is 0.123. The summed E-state index contributed by atoms with van der Waals surface area (Å²) in [5.74, 6) is 0. The quantitative estimate of drug-likeness (QED) is 0.694. The van der Waals surface area contributed by atoms with Crippen LogP contribution in [0.5, 0.6) is 0 Å². The lowest BCUT2D eigenvalue weighted by atomic mass is 10.2. The van der Waals surface area contributed by atoms with Gasteiger partial charge in [0.15, 0.2) is 0 Å². The van der Waals surface area contributed by atoms with E-state index in [1.165, 1.54) is 17.8 Å². The second kappa shape index (κ2) is 2.04. The molecule has 1 aliphatic carbocycles. The van der Waals surface area contributed by atoms with E-state index in [9.17, 15) is 0 Å². The molecule has 0 radical (unpaired) electrons. The van der Waals surface area contributed by atoms with Crippen LogP contribution in [0.1, 0.15) is 17.8 Å². The van der Waals surface area contributed by atoms with Crippen LogP contribution in [0, 0.1) is 0 Å². The molecule has 0 aromatic carbocycles. The van der Waals surface area contributed by atoms with Gasteiger partial charge in [0.1, 0.15) is 0 Å². The van der Waals surface area contributed by atoms with Crippen LogP contribution >= 0.6 is 11.3 Å². The standard InChI is InChI=1S/C7H10N2S/c8-7(1-2-7)5-6-9-3-4-10-6/h3-4H,1-2,5,8H2. The van der Waals surface area contributed by atoms with Crippen LogP contribution in [0.3, 0.4) is 0 Å². The zero-order chi connectivity index (χ0) is 7.03. The highest BCUT2D eigenvalue weighted by Gasteiger charge is 2.38. The topological polar surface area (TPSA) is 38.9 Å². The lowest BCUT2D eigenvalue weighted by molar-refractivity contribution is 0.669. The number of hydrogen-bond donors (Lipinski definition) is 1. The third-order valence-electron chi connectivity index (χ3n) is 1.88. The number of nitrogens with zero attached hydrogens (tertiary/aromatic N) is 1. The summed E-state index contributed by atoms with van der Waals surface area (Å²) in [6.07, 6.45) is 5.16. The molecule has 0 aliphatic heterocycles. The highest BCUT2D eigenvalue weighted by molar-refractivity contribution is 7.09. The predicted octanol–water partition coefficient (Wildman–Crippen LogP) is 1.18. The maximum atomic E-state index is 5.90. The average molecular weight is 154 g/mol. The fourth-order valence-electron chi connectivity index (χ4n) is 0.979. The minimum Gasteiger partial charge on any atom is -0.325 e. The molecular weight excluding hydrogens is 144 g/mol. The van der Waals surface area contributed by atoms with E-state index in [1.807, 2.05) is 11.6 Å². The summed E-state index contributed by atoms with van der Waals surface area (Å²) in [5.41, 5.74) is 6.03. The molecule has 1 fully saturated rings. The largest absolute Gasteiger partial charge is 0.325 e. The number of aromatic nitrogens is 1. The first kappa shape index (κ1) is 6.31. The van der Waals surface area contributed by atoms with Crippen molar-refractivity contribution in [2.75, 3.05) is 0 Å². The van der Waals surface area contributed by atoms with Crippen LogP contribution in [0.4, 0.5) is 0 Å². The van der Waals surface area contributed by atoms with E-state index in [2.05, 4.69) is 4.98 Å². The molecule has 10 heavy (non-hydrogen) atoms. The molecule has 0 unspecified atom stereocenters. The van der Waals surface area contributed by atoms with Crippen LogP contribution in [-0.4, -0.2) is 10.5 Å². The molecule has 2 nitrogen and oxygen atoms in total. The molecule has 1 saturated carbocycles. The number of hydrogen-bond acceptors (Lipinski definition) is 3. The van der Waals surface area contributed by atoms with Crippen LogP contribution < -0.4 is 5.73 Å². The highest BCUT2D eigenvalue weighted by atomic mass is 32.1. The zero-order valence-corrected chi connectivity index (χ0v) is 6.53. The smallest absolute Gasteiger partial charge is 0.0943 e. The van der Waals surface area contributed by atoms with Crippen molar-refractivity contribution in [3.8, 4) is 0 Å². The van der Waals surface area contributed by atoms with Gasteiger partial charge in [-0.05, 0) is 12.8 Å². The van der Waals surface area contributed by atoms with Gasteiger partial charge in [0.2, 0.25) is 0 Å². The van der Waals surface area contributed by atoms with Gasteiger partial charge in [-0.1, -0.05) is 0 Å². The van der Waals surface area contributed by atoms with Crippen molar-refractivity contribution in [2.45, 2.75) is 24.8 Å². The first-order chi connectivity index (χ1) is 4.79. The number of rotatable bonds is 2. The molecule has 3 heteroatoms. The maximum absolute atomic E-state index is 5.90. The van der Waals surface area contributed by atoms with Crippen molar-refractivity contribution < 1.29 is 0 Å². The monoisotopic (exact) mass is 154 g/mol. The fourth-order valence-corrected chi connectivity index (χ4v) is 1.75. The van der Waals surface area contributed by atoms with Crippen molar-refractivity contribution in [3.05, 3.63) is 16.6 Å². The Balaban J connectivity index is 2.04. The van der Waals surface area contributed by atoms with Gasteiger partial charge in [-0.3, -0.25) is 0 Å². The Hall–Kier alpha value is -0.410. The first-order valence-electron chi connectivity index (χ1n) is 3.46. The molecule has 0 spiro atoms. The Morgan fingerprint density at radius 3 is 3.00 bits per heavy atom. The molecule has 54 valence electrons. The maximum Gasteiger partial charge on any atom is 0.0943 e. The second-order valence-corrected chi connectivity index (χ2v) is 3.94. The van der Waals surface area contributed by atoms with Gasteiger partial charge < -0.3 is 5.73 Å². The van der Waals surface area contributed by atoms with E-state index in [1.54, 1.807) is 11.3 Å². The number of thiazole rings is 1. The molecule has 2 rings (SSSR count). The van der Waals surface area contributed by atoms with Gasteiger partial charge in [0, 0.05) is 23.5 Å². The normalized spacial score (nSPS) is 20.9. The summed E-state index contributed by atoms with van der Waals surface area (Å²) in [4.78, 5) is 4.18. The molecule has 0 atom stereocenters. The third-order valence-corrected chi connectivity index (χ3v) is 2.66. The summed E-state index contributed by atoms with van der Waals surface area (Å²) in [5, 5.41) is 3.18. The molecule has 0 amide bonds. The zero-order valence-electron chi connectivity index (χ0n) is 5.71. The highest BCUT2D eigenvalue weighted by Crippen LogP contribution is 2.35. The van der Waals surface area contributed by atoms with Gasteiger partial charge in [0.25, 0.3) is 0 Å². The van der Waals surface area contributed by atoms with Crippen molar-refractivity contribution in [3.63, 3.8) is 0 Å². The molecular formula is C7H10N2S. The molecule has 1 heterocycles. The Bertz CT molecular complexity index is 214. The Labute approximate surface area is 64.1 Å². The van der Waals surface area contributed by atoms with E-state index in [-0.39, 0.29) is 5.54 Å². The summed E-state index contributed by atoms with van der Waals surface area (Å²) >= 11 is 1.70. The Morgan fingerprint density at radius 2 is 2.50 bits per heavy atom. The SMILES string of the molecule is NC1(Cc2nccs2)CC1. The molecule has 2 N–H and O–H groups in total. The van der Waals surface area contributed by atoms with E-state index in [0.717, 1.165) is 6.42 Å². The van der Waals surface area contributed by atoms with Gasteiger partial charge in [-0.25, -0.2) is 4.98 Å². The molecule has 1 aromatic heterocycles. The molecule has 0 saturated heterocycles. The van der Waals surface area contributed by atoms with Crippen molar-refractivity contribution in [2.24, 2.45) is 5.73 Å². The molecule has 0 bridgehead atoms. The van der Waals surface area contributed by atoms with E-state index < -0.39 is 0 Å². The van der Waals surface area contributed by atoms with Crippen LogP contribution in [0.15, 0.2) is 11.6 Å². The van der Waals surface area contributed by atoms with E-state index in [0.29, 0.717) is 0 Å². The summed E-state index contributed by atoms with van der Waals surface area (Å²) in [7, 11) is 0. The third kappa shape index (κ3) is 1.20. The van der Waals surface area contributed by atoms with Crippen molar-refractivity contribution in [1.29, 1.82) is 0 Å². The minimum absolute atomic E-state index is 0.123. The molecule has 1 aliphatic rings. The lowest BCUT2D eigenvalue weighted by Crippen LogP contribution is -2.24. The molecule has 1 aromatic rings. The summed E-state index contributed by atoms with van der Waals surface area (Å²) in [6, 6.07) is 0. The first-order valence-corrected chi connectivity index (χ1v) is 4.34. The van der Waals surface area contributed by atoms with Crippen molar-refractivity contribution >= 4 is 11.3 Å². The van der Waals surface area contributed by atoms with Gasteiger partial charge in [-0.15, -0.1) is 11.3 Å². The van der Waals surface area contributed by atoms with Gasteiger partial charge >= 0.3 is 0 Å². The number of nitrogens with two attached hydrogens (primary N) is 1. The average Bonchev–Trinajstić information content (AvgIpc) is 2.47. The summed E-state index contributed by atoms with van der Waals surface area (Å²) < 4.78 is 0. The van der Waals surface area contributed by atoms with Crippen molar-refractivity contribution in [1.82, 2.24) is 4.98 Å². The lowest BCUT2D eigenvalue weighted by Gasteiger charge is -2.02. The van der Waals surface area contributed by atoms with E-state index in [4.69, 9.17) is 5.73 Å². The fraction of sp³-hybridized carbons (Fsp3) is 0.571. The predicted molar refractivity (Wildman–Crippen MR) is 42.0 cm³/mol. The van der Waals surface area contributed by atoms with Crippen LogP contribution in [-0.2, 0) is 6.42 Å². The second-order valence-electron chi connectivity index (χ2n) is 2.96. The summed E-state index contributed by atoms with van der Waals surface area (Å²) in [6.45, 7) is 0. The Morgan fingerprint density at radius 1 is 1.70 bits per heavy atom. The van der Waals surface area contributed by atoms with Crippen LogP contribution in [0.25, 0.3) is 0 Å².